The maximum absolute atomic E-state index is 13.5. The molecule has 3 aliphatic rings. The van der Waals surface area contributed by atoms with Crippen molar-refractivity contribution in [2.75, 3.05) is 56.8 Å². The maximum Gasteiger partial charge on any atom is 0.426 e. The molecule has 0 fully saturated rings. The molecule has 0 saturated heterocycles. The van der Waals surface area contributed by atoms with Gasteiger partial charge in [0.25, 0.3) is 35.3 Å². The standard InChI is InChI=1S/3C16H19F3N4O4/c3*1-8-7-10(20)11-13-22-23-14(27-13)15(24,16(17,18)19)4-6-25-5-3-9(2)26-12(8)21-11/h3*7,9,24H,3-6,20H2,1-2H3/t3*9-,15?/m111/s1. The summed E-state index contributed by atoms with van der Waals surface area (Å²) < 4.78 is 170. The van der Waals surface area contributed by atoms with Crippen LogP contribution >= 0.6 is 0 Å². The van der Waals surface area contributed by atoms with Crippen LogP contribution in [0.25, 0.3) is 34.8 Å². The Morgan fingerprint density at radius 2 is 0.679 bits per heavy atom. The zero-order chi connectivity index (χ0) is 59.5. The molecule has 33 heteroatoms. The van der Waals surface area contributed by atoms with E-state index < -0.39 is 72.3 Å². The van der Waals surface area contributed by atoms with E-state index in [1.807, 2.05) is 0 Å². The van der Waals surface area contributed by atoms with Crippen LogP contribution in [0.1, 0.15) is 93.7 Å². The number of aryl methyl sites for hydroxylation is 3. The summed E-state index contributed by atoms with van der Waals surface area (Å²) in [5, 5.41) is 51.6. The Bertz CT molecular complexity index is 2800. The summed E-state index contributed by atoms with van der Waals surface area (Å²) in [6.07, 6.45) is -17.2. The van der Waals surface area contributed by atoms with Crippen molar-refractivity contribution < 1.29 is 96.5 Å². The second-order valence-electron chi connectivity index (χ2n) is 19.2. The highest BCUT2D eigenvalue weighted by Gasteiger charge is 2.61. The molecule has 9 heterocycles. The summed E-state index contributed by atoms with van der Waals surface area (Å²) in [5.41, 5.74) is 9.99. The minimum atomic E-state index is -5.04. The first kappa shape index (κ1) is 61.4. The number of rotatable bonds is 0. The van der Waals surface area contributed by atoms with E-state index >= 15 is 0 Å². The van der Waals surface area contributed by atoms with Crippen LogP contribution in [-0.4, -0.2) is 137 Å². The molecule has 0 spiro atoms. The van der Waals surface area contributed by atoms with Crippen LogP contribution in [0.3, 0.4) is 0 Å². The molecule has 9 rings (SSSR count). The molecule has 0 saturated carbocycles. The number of anilines is 3. The highest BCUT2D eigenvalue weighted by atomic mass is 19.4. The smallest absolute Gasteiger partial charge is 0.426 e. The first-order valence-electron chi connectivity index (χ1n) is 24.8. The predicted molar refractivity (Wildman–Crippen MR) is 260 cm³/mol. The van der Waals surface area contributed by atoms with Gasteiger partial charge in [0, 0.05) is 55.2 Å². The average Bonchev–Trinajstić information content (AvgIpc) is 4.18. The number of nitrogen functional groups attached to an aromatic ring is 3. The Labute approximate surface area is 453 Å². The van der Waals surface area contributed by atoms with Gasteiger partial charge in [0.2, 0.25) is 34.4 Å². The molecule has 9 N–H and O–H groups in total. The van der Waals surface area contributed by atoms with Gasteiger partial charge >= 0.3 is 18.5 Å². The summed E-state index contributed by atoms with van der Waals surface area (Å²) in [7, 11) is 0. The summed E-state index contributed by atoms with van der Waals surface area (Å²) in [4.78, 5) is 12.7. The Morgan fingerprint density at radius 3 is 0.914 bits per heavy atom. The van der Waals surface area contributed by atoms with E-state index in [0.29, 0.717) is 36.0 Å². The fraction of sp³-hybridized carbons (Fsp3) is 0.562. The summed E-state index contributed by atoms with van der Waals surface area (Å²) >= 11 is 0. The Hall–Kier alpha value is -7.20. The molecular formula is C48H57F9N12O12. The molecule has 81 heavy (non-hydrogen) atoms. The van der Waals surface area contributed by atoms with Gasteiger partial charge in [0.15, 0.2) is 17.1 Å². The molecule has 0 radical (unpaired) electrons. The van der Waals surface area contributed by atoms with E-state index in [9.17, 15) is 54.8 Å². The van der Waals surface area contributed by atoms with Gasteiger partial charge in [-0.2, -0.15) is 39.5 Å². The lowest BCUT2D eigenvalue weighted by Gasteiger charge is -2.27. The maximum atomic E-state index is 13.5. The van der Waals surface area contributed by atoms with Crippen molar-refractivity contribution in [3.05, 3.63) is 52.6 Å². The Balaban J connectivity index is 0.000000175. The third-order valence-electron chi connectivity index (χ3n) is 12.7. The van der Waals surface area contributed by atoms with Gasteiger partial charge in [-0.3, -0.25) is 0 Å². The number of hydrogen-bond donors (Lipinski definition) is 6. The molecule has 6 aromatic rings. The fourth-order valence-electron chi connectivity index (χ4n) is 7.75. The number of ether oxygens (including phenoxy) is 6. The van der Waals surface area contributed by atoms with Crippen LogP contribution < -0.4 is 31.4 Å². The average molecular weight is 1170 g/mol. The molecule has 6 atom stereocenters. The van der Waals surface area contributed by atoms with Gasteiger partial charge in [0.1, 0.15) is 0 Å². The number of nitrogens with two attached hydrogens (primary N) is 3. The fourth-order valence-corrected chi connectivity index (χ4v) is 7.75. The van der Waals surface area contributed by atoms with Gasteiger partial charge in [-0.05, 0) is 59.7 Å². The van der Waals surface area contributed by atoms with Crippen LogP contribution in [0.5, 0.6) is 17.6 Å². The Kier molecular flexibility index (Phi) is 18.3. The zero-order valence-electron chi connectivity index (χ0n) is 44.1. The van der Waals surface area contributed by atoms with Gasteiger partial charge in [-0.15, -0.1) is 30.6 Å². The number of alkyl halides is 9. The quantitative estimate of drug-likeness (QED) is 0.0829. The highest BCUT2D eigenvalue weighted by molar-refractivity contribution is 5.69. The van der Waals surface area contributed by atoms with Crippen LogP contribution in [0.15, 0.2) is 31.5 Å². The van der Waals surface area contributed by atoms with Gasteiger partial charge in [-0.25, -0.2) is 15.0 Å². The lowest BCUT2D eigenvalue weighted by molar-refractivity contribution is -0.280. The summed E-state index contributed by atoms with van der Waals surface area (Å²) in [5.74, 6) is -3.30. The lowest BCUT2D eigenvalue weighted by atomic mass is 9.99. The van der Waals surface area contributed by atoms with Gasteiger partial charge in [0.05, 0.1) is 75.0 Å². The topological polar surface area (TPSA) is 350 Å². The first-order chi connectivity index (χ1) is 37.8. The molecular weight excluding hydrogens is 1110 g/mol. The highest BCUT2D eigenvalue weighted by Crippen LogP contribution is 2.45. The van der Waals surface area contributed by atoms with E-state index in [1.165, 1.54) is 0 Å². The minimum absolute atomic E-state index is 0.0145. The van der Waals surface area contributed by atoms with Crippen molar-refractivity contribution >= 4 is 17.1 Å². The zero-order valence-corrected chi connectivity index (χ0v) is 44.1. The number of hydrogen-bond acceptors (Lipinski definition) is 24. The molecule has 0 aliphatic carbocycles. The molecule has 0 amide bonds. The number of pyridine rings is 3. The van der Waals surface area contributed by atoms with Crippen LogP contribution in [0, 0.1) is 20.8 Å². The number of fused-ring (bicyclic) bond motifs is 15. The van der Waals surface area contributed by atoms with Gasteiger partial charge < -0.3 is 74.2 Å². The van der Waals surface area contributed by atoms with E-state index in [-0.39, 0.29) is 127 Å². The molecule has 0 aromatic carbocycles. The number of aliphatic hydroxyl groups is 3. The summed E-state index contributed by atoms with van der Waals surface area (Å²) in [6, 6.07) is 4.64. The number of halogens is 9. The third kappa shape index (κ3) is 13.6. The van der Waals surface area contributed by atoms with Crippen molar-refractivity contribution in [1.29, 1.82) is 0 Å². The van der Waals surface area contributed by atoms with Crippen molar-refractivity contribution in [3.63, 3.8) is 0 Å². The van der Waals surface area contributed by atoms with Crippen molar-refractivity contribution in [2.45, 2.75) is 134 Å². The van der Waals surface area contributed by atoms with Crippen molar-refractivity contribution in [2.24, 2.45) is 0 Å². The predicted octanol–water partition coefficient (Wildman–Crippen LogP) is 7.05. The van der Waals surface area contributed by atoms with Crippen LogP contribution in [-0.2, 0) is 31.0 Å². The normalized spacial score (nSPS) is 24.1. The summed E-state index contributed by atoms with van der Waals surface area (Å²) in [6.45, 7) is 9.90. The molecule has 3 aliphatic heterocycles. The first-order valence-corrected chi connectivity index (χ1v) is 24.8. The molecule has 12 bridgehead atoms. The van der Waals surface area contributed by atoms with Gasteiger partial charge in [-0.1, -0.05) is 0 Å². The lowest BCUT2D eigenvalue weighted by Crippen LogP contribution is -2.43. The van der Waals surface area contributed by atoms with Crippen molar-refractivity contribution in [1.82, 2.24) is 45.5 Å². The molecule has 444 valence electrons. The van der Waals surface area contributed by atoms with E-state index in [2.05, 4.69) is 45.5 Å². The van der Waals surface area contributed by atoms with Crippen LogP contribution in [0.4, 0.5) is 56.6 Å². The second kappa shape index (κ2) is 24.1. The number of aromatic nitrogens is 9. The van der Waals surface area contributed by atoms with E-state index in [4.69, 9.17) is 58.9 Å². The SMILES string of the molecule is Cc1cc(N)c2nc1O[C@H](C)CCOCCC(O)(C(F)(F)F)c1nnc-2o1.Cc1cc(N)c2nc1O[C@H](C)CCOCCC(O)(C(F)(F)F)c1nnc-2o1.Cc1cc(N)c2nc1O[C@H](C)CCOCCC(O)(C(F)(F)F)c1nnc-2o1. The Morgan fingerprint density at radius 1 is 0.432 bits per heavy atom. The third-order valence-corrected chi connectivity index (χ3v) is 12.7. The minimum Gasteiger partial charge on any atom is -0.474 e. The molecule has 6 aromatic heterocycles. The number of nitrogens with zero attached hydrogens (tertiary/aromatic N) is 9. The largest absolute Gasteiger partial charge is 0.474 e. The monoisotopic (exact) mass is 1160 g/mol. The van der Waals surface area contributed by atoms with Crippen LogP contribution in [0.2, 0.25) is 0 Å². The van der Waals surface area contributed by atoms with E-state index in [0.717, 1.165) is 0 Å². The van der Waals surface area contributed by atoms with E-state index in [1.54, 1.807) is 59.7 Å². The second-order valence-corrected chi connectivity index (χ2v) is 19.2. The molecule has 24 nitrogen and oxygen atoms in total. The molecule has 3 unspecified atom stereocenters. The van der Waals surface area contributed by atoms with Crippen molar-refractivity contribution in [3.8, 4) is 52.4 Å².